The first-order valence-corrected chi connectivity index (χ1v) is 5.90. The van der Waals surface area contributed by atoms with E-state index >= 15 is 0 Å². The number of nitrogens with two attached hydrogens (primary N) is 1. The van der Waals surface area contributed by atoms with Gasteiger partial charge in [-0.1, -0.05) is 30.3 Å². The van der Waals surface area contributed by atoms with E-state index in [1.165, 1.54) is 31.5 Å². The van der Waals surface area contributed by atoms with Gasteiger partial charge in [0.25, 0.3) is 0 Å². The van der Waals surface area contributed by atoms with Gasteiger partial charge < -0.3 is 5.73 Å². The molecule has 1 heterocycles. The zero-order valence-corrected chi connectivity index (χ0v) is 9.23. The van der Waals surface area contributed by atoms with Crippen LogP contribution in [-0.2, 0) is 6.42 Å². The van der Waals surface area contributed by atoms with Gasteiger partial charge in [-0.15, -0.1) is 0 Å². The molecule has 0 aromatic heterocycles. The molecule has 2 nitrogen and oxygen atoms in total. The van der Waals surface area contributed by atoms with Crippen LogP contribution in [0.25, 0.3) is 0 Å². The summed E-state index contributed by atoms with van der Waals surface area (Å²) in [6.45, 7) is 2.38. The Labute approximate surface area is 92.1 Å². The molecule has 0 bridgehead atoms. The van der Waals surface area contributed by atoms with E-state index < -0.39 is 0 Å². The molecule has 0 aliphatic carbocycles. The van der Waals surface area contributed by atoms with Crippen LogP contribution in [0.3, 0.4) is 0 Å². The Morgan fingerprint density at radius 1 is 1.13 bits per heavy atom. The maximum absolute atomic E-state index is 6.15. The second-order valence-electron chi connectivity index (χ2n) is 4.33. The standard InChI is InChI=1S/C13H20N2/c14-13(15-10-4-5-11-15)9-8-12-6-2-1-3-7-12/h1-3,6-7,13H,4-5,8-11,14H2. The summed E-state index contributed by atoms with van der Waals surface area (Å²) >= 11 is 0. The second kappa shape index (κ2) is 5.29. The second-order valence-corrected chi connectivity index (χ2v) is 4.33. The first kappa shape index (κ1) is 10.7. The average Bonchev–Trinajstić information content (AvgIpc) is 2.81. The highest BCUT2D eigenvalue weighted by atomic mass is 15.2. The maximum Gasteiger partial charge on any atom is 0.0574 e. The monoisotopic (exact) mass is 204 g/mol. The molecule has 0 saturated carbocycles. The molecule has 2 rings (SSSR count). The predicted octanol–water partition coefficient (Wildman–Crippen LogP) is 2.00. The maximum atomic E-state index is 6.15. The van der Waals surface area contributed by atoms with Gasteiger partial charge in [-0.05, 0) is 44.3 Å². The Bertz CT molecular complexity index is 278. The SMILES string of the molecule is NC(CCc1ccccc1)N1CCCC1. The Kier molecular flexibility index (Phi) is 3.75. The molecule has 15 heavy (non-hydrogen) atoms. The van der Waals surface area contributed by atoms with Crippen molar-refractivity contribution in [2.75, 3.05) is 13.1 Å². The predicted molar refractivity (Wildman–Crippen MR) is 63.5 cm³/mol. The largest absolute Gasteiger partial charge is 0.316 e. The van der Waals surface area contributed by atoms with Crippen molar-refractivity contribution in [1.82, 2.24) is 4.90 Å². The Morgan fingerprint density at radius 2 is 1.80 bits per heavy atom. The van der Waals surface area contributed by atoms with Crippen LogP contribution < -0.4 is 5.73 Å². The summed E-state index contributed by atoms with van der Waals surface area (Å²) in [5, 5.41) is 0. The van der Waals surface area contributed by atoms with Crippen LogP contribution in [0.2, 0.25) is 0 Å². The molecule has 1 aromatic carbocycles. The lowest BCUT2D eigenvalue weighted by molar-refractivity contribution is 0.236. The van der Waals surface area contributed by atoms with E-state index in [0.29, 0.717) is 0 Å². The minimum atomic E-state index is 0.257. The van der Waals surface area contributed by atoms with Gasteiger partial charge in [-0.2, -0.15) is 0 Å². The fourth-order valence-corrected chi connectivity index (χ4v) is 2.22. The highest BCUT2D eigenvalue weighted by Gasteiger charge is 2.17. The number of benzene rings is 1. The first-order chi connectivity index (χ1) is 7.36. The zero-order chi connectivity index (χ0) is 10.5. The van der Waals surface area contributed by atoms with Crippen LogP contribution in [-0.4, -0.2) is 24.2 Å². The van der Waals surface area contributed by atoms with Gasteiger partial charge in [-0.3, -0.25) is 4.90 Å². The van der Waals surface area contributed by atoms with E-state index in [1.807, 2.05) is 0 Å². The van der Waals surface area contributed by atoms with E-state index in [9.17, 15) is 0 Å². The molecule has 1 unspecified atom stereocenters. The smallest absolute Gasteiger partial charge is 0.0574 e. The quantitative estimate of drug-likeness (QED) is 0.813. The van der Waals surface area contributed by atoms with Gasteiger partial charge in [0.15, 0.2) is 0 Å². The van der Waals surface area contributed by atoms with Crippen molar-refractivity contribution >= 4 is 0 Å². The molecule has 0 spiro atoms. The van der Waals surface area contributed by atoms with Crippen LogP contribution in [0.1, 0.15) is 24.8 Å². The Balaban J connectivity index is 1.77. The number of likely N-dealkylation sites (tertiary alicyclic amines) is 1. The highest BCUT2D eigenvalue weighted by Crippen LogP contribution is 2.12. The van der Waals surface area contributed by atoms with Gasteiger partial charge in [0.2, 0.25) is 0 Å². The fraction of sp³-hybridized carbons (Fsp3) is 0.538. The molecule has 1 aliphatic rings. The fourth-order valence-electron chi connectivity index (χ4n) is 2.22. The number of nitrogens with zero attached hydrogens (tertiary/aromatic N) is 1. The molecule has 1 aromatic rings. The summed E-state index contributed by atoms with van der Waals surface area (Å²) in [5.74, 6) is 0. The van der Waals surface area contributed by atoms with Crippen molar-refractivity contribution in [2.24, 2.45) is 5.73 Å². The topological polar surface area (TPSA) is 29.3 Å². The van der Waals surface area contributed by atoms with E-state index in [-0.39, 0.29) is 6.17 Å². The van der Waals surface area contributed by atoms with E-state index in [4.69, 9.17) is 5.73 Å². The number of aryl methyl sites for hydroxylation is 1. The molecule has 0 radical (unpaired) electrons. The van der Waals surface area contributed by atoms with E-state index in [0.717, 1.165) is 12.8 Å². The van der Waals surface area contributed by atoms with Crippen LogP contribution in [0.15, 0.2) is 30.3 Å². The third-order valence-electron chi connectivity index (χ3n) is 3.18. The summed E-state index contributed by atoms with van der Waals surface area (Å²) in [6.07, 6.45) is 5.06. The minimum absolute atomic E-state index is 0.257. The summed E-state index contributed by atoms with van der Waals surface area (Å²) in [7, 11) is 0. The van der Waals surface area contributed by atoms with Gasteiger partial charge in [0.1, 0.15) is 0 Å². The van der Waals surface area contributed by atoms with Gasteiger partial charge in [0, 0.05) is 0 Å². The van der Waals surface area contributed by atoms with Gasteiger partial charge >= 0.3 is 0 Å². The third-order valence-corrected chi connectivity index (χ3v) is 3.18. The third kappa shape index (κ3) is 3.05. The molecule has 1 fully saturated rings. The van der Waals surface area contributed by atoms with E-state index in [2.05, 4.69) is 35.2 Å². The first-order valence-electron chi connectivity index (χ1n) is 5.90. The van der Waals surface area contributed by atoms with Crippen LogP contribution >= 0.6 is 0 Å². The Morgan fingerprint density at radius 3 is 2.47 bits per heavy atom. The summed E-state index contributed by atoms with van der Waals surface area (Å²) in [5.41, 5.74) is 7.55. The van der Waals surface area contributed by atoms with E-state index in [1.54, 1.807) is 0 Å². The van der Waals surface area contributed by atoms with Crippen molar-refractivity contribution in [3.63, 3.8) is 0 Å². The zero-order valence-electron chi connectivity index (χ0n) is 9.23. The number of hydrogen-bond donors (Lipinski definition) is 1. The molecular weight excluding hydrogens is 184 g/mol. The van der Waals surface area contributed by atoms with Crippen LogP contribution in [0.4, 0.5) is 0 Å². The molecule has 0 amide bonds. The summed E-state index contributed by atoms with van der Waals surface area (Å²) in [6, 6.07) is 10.6. The normalized spacial score (nSPS) is 19.3. The van der Waals surface area contributed by atoms with Gasteiger partial charge in [0.05, 0.1) is 6.17 Å². The highest BCUT2D eigenvalue weighted by molar-refractivity contribution is 5.14. The molecule has 1 atom stereocenters. The van der Waals surface area contributed by atoms with Crippen molar-refractivity contribution in [3.8, 4) is 0 Å². The summed E-state index contributed by atoms with van der Waals surface area (Å²) < 4.78 is 0. The van der Waals surface area contributed by atoms with Crippen molar-refractivity contribution in [2.45, 2.75) is 31.8 Å². The van der Waals surface area contributed by atoms with Crippen LogP contribution in [0.5, 0.6) is 0 Å². The van der Waals surface area contributed by atoms with Crippen molar-refractivity contribution < 1.29 is 0 Å². The van der Waals surface area contributed by atoms with Crippen molar-refractivity contribution in [1.29, 1.82) is 0 Å². The lowest BCUT2D eigenvalue weighted by Crippen LogP contribution is -2.40. The average molecular weight is 204 g/mol. The molecule has 82 valence electrons. The minimum Gasteiger partial charge on any atom is -0.316 e. The Hall–Kier alpha value is -0.860. The van der Waals surface area contributed by atoms with Gasteiger partial charge in [-0.25, -0.2) is 0 Å². The lowest BCUT2D eigenvalue weighted by Gasteiger charge is -2.23. The lowest BCUT2D eigenvalue weighted by atomic mass is 10.1. The molecular formula is C13H20N2. The molecule has 2 heteroatoms. The number of hydrogen-bond acceptors (Lipinski definition) is 2. The molecule has 1 aliphatic heterocycles. The van der Waals surface area contributed by atoms with Crippen LogP contribution in [0, 0.1) is 0 Å². The summed E-state index contributed by atoms with van der Waals surface area (Å²) in [4.78, 5) is 2.41. The molecule has 1 saturated heterocycles. The number of rotatable bonds is 4. The van der Waals surface area contributed by atoms with Crippen molar-refractivity contribution in [3.05, 3.63) is 35.9 Å². The molecule has 2 N–H and O–H groups in total.